The third kappa shape index (κ3) is 2.03. The molecule has 0 radical (unpaired) electrons. The second-order valence-electron chi connectivity index (χ2n) is 4.46. The van der Waals surface area contributed by atoms with Gasteiger partial charge in [-0.1, -0.05) is 0 Å². The number of nitrogens with one attached hydrogen (secondary N) is 1. The molecule has 0 aliphatic heterocycles. The highest BCUT2D eigenvalue weighted by molar-refractivity contribution is 4.97. The van der Waals surface area contributed by atoms with Crippen LogP contribution in [-0.4, -0.2) is 18.0 Å². The van der Waals surface area contributed by atoms with Gasteiger partial charge in [0.15, 0.2) is 0 Å². The van der Waals surface area contributed by atoms with Gasteiger partial charge in [-0.25, -0.2) is 8.78 Å². The van der Waals surface area contributed by atoms with E-state index < -0.39 is 5.92 Å². The number of nitriles is 1. The summed E-state index contributed by atoms with van der Waals surface area (Å²) < 4.78 is 25.0. The van der Waals surface area contributed by atoms with Crippen LogP contribution < -0.4 is 5.32 Å². The third-order valence-electron chi connectivity index (χ3n) is 3.18. The zero-order valence-electron chi connectivity index (χ0n) is 7.97. The minimum absolute atomic E-state index is 0.0209. The average Bonchev–Trinajstić information content (AvgIpc) is 2.49. The smallest absolute Gasteiger partial charge is 0.251 e. The Morgan fingerprint density at radius 3 is 2.43 bits per heavy atom. The standard InChI is InChI=1S/C10H14F2N2/c11-10(12)4-9(5-10)14-8-2-1-7(3-8)6-13/h7-9,14H,1-5H2. The van der Waals surface area contributed by atoms with Crippen molar-refractivity contribution in [1.29, 1.82) is 5.26 Å². The van der Waals surface area contributed by atoms with Crippen molar-refractivity contribution in [3.8, 4) is 6.07 Å². The van der Waals surface area contributed by atoms with Crippen LogP contribution in [0.5, 0.6) is 0 Å². The maximum Gasteiger partial charge on any atom is 0.251 e. The molecule has 0 aromatic rings. The Hall–Kier alpha value is -0.690. The fraction of sp³-hybridized carbons (Fsp3) is 0.900. The van der Waals surface area contributed by atoms with Crippen LogP contribution in [-0.2, 0) is 0 Å². The van der Waals surface area contributed by atoms with Gasteiger partial charge in [0.1, 0.15) is 0 Å². The third-order valence-corrected chi connectivity index (χ3v) is 3.18. The molecule has 0 aromatic carbocycles. The highest BCUT2D eigenvalue weighted by Gasteiger charge is 2.46. The number of halogens is 2. The molecule has 2 aliphatic carbocycles. The Morgan fingerprint density at radius 2 is 1.93 bits per heavy atom. The van der Waals surface area contributed by atoms with Crippen molar-refractivity contribution in [1.82, 2.24) is 5.32 Å². The molecule has 0 amide bonds. The summed E-state index contributed by atoms with van der Waals surface area (Å²) in [7, 11) is 0. The summed E-state index contributed by atoms with van der Waals surface area (Å²) in [4.78, 5) is 0. The summed E-state index contributed by atoms with van der Waals surface area (Å²) in [5.41, 5.74) is 0. The first kappa shape index (κ1) is 9.85. The maximum absolute atomic E-state index is 12.5. The van der Waals surface area contributed by atoms with Gasteiger partial charge in [0.05, 0.1) is 6.07 Å². The van der Waals surface area contributed by atoms with Gasteiger partial charge in [-0.05, 0) is 19.3 Å². The normalized spacial score (nSPS) is 36.4. The first-order valence-corrected chi connectivity index (χ1v) is 5.12. The summed E-state index contributed by atoms with van der Waals surface area (Å²) >= 11 is 0. The molecule has 2 fully saturated rings. The van der Waals surface area contributed by atoms with E-state index in [2.05, 4.69) is 11.4 Å². The van der Waals surface area contributed by atoms with E-state index in [0.717, 1.165) is 19.3 Å². The van der Waals surface area contributed by atoms with E-state index >= 15 is 0 Å². The van der Waals surface area contributed by atoms with Crippen molar-refractivity contribution in [3.05, 3.63) is 0 Å². The van der Waals surface area contributed by atoms with Gasteiger partial charge < -0.3 is 5.32 Å². The van der Waals surface area contributed by atoms with Crippen molar-refractivity contribution < 1.29 is 8.78 Å². The van der Waals surface area contributed by atoms with E-state index in [9.17, 15) is 8.78 Å². The molecule has 2 nitrogen and oxygen atoms in total. The molecule has 1 N–H and O–H groups in total. The van der Waals surface area contributed by atoms with Crippen LogP contribution in [0, 0.1) is 17.2 Å². The SMILES string of the molecule is N#CC1CCC(NC2CC(F)(F)C2)C1. The van der Waals surface area contributed by atoms with E-state index in [1.165, 1.54) is 0 Å². The first-order chi connectivity index (χ1) is 6.59. The van der Waals surface area contributed by atoms with Crippen LogP contribution in [0.25, 0.3) is 0 Å². The highest BCUT2D eigenvalue weighted by atomic mass is 19.3. The van der Waals surface area contributed by atoms with E-state index in [4.69, 9.17) is 5.26 Å². The lowest BCUT2D eigenvalue weighted by Crippen LogP contribution is -2.51. The quantitative estimate of drug-likeness (QED) is 0.740. The lowest BCUT2D eigenvalue weighted by Gasteiger charge is -2.37. The van der Waals surface area contributed by atoms with Gasteiger partial charge in [0.2, 0.25) is 0 Å². The van der Waals surface area contributed by atoms with Crippen molar-refractivity contribution in [2.45, 2.75) is 50.1 Å². The summed E-state index contributed by atoms with van der Waals surface area (Å²) in [6, 6.07) is 2.50. The minimum Gasteiger partial charge on any atom is -0.311 e. The summed E-state index contributed by atoms with van der Waals surface area (Å²) in [5, 5.41) is 11.9. The largest absolute Gasteiger partial charge is 0.311 e. The number of alkyl halides is 2. The number of rotatable bonds is 2. The van der Waals surface area contributed by atoms with Crippen LogP contribution in [0.15, 0.2) is 0 Å². The molecule has 0 aromatic heterocycles. The number of nitrogens with zero attached hydrogens (tertiary/aromatic N) is 1. The molecule has 14 heavy (non-hydrogen) atoms. The number of hydrogen-bond donors (Lipinski definition) is 1. The van der Waals surface area contributed by atoms with Crippen molar-refractivity contribution >= 4 is 0 Å². The second kappa shape index (κ2) is 3.47. The predicted octanol–water partition coefficient (Wildman–Crippen LogP) is 2.07. The minimum atomic E-state index is -2.44. The molecule has 2 saturated carbocycles. The van der Waals surface area contributed by atoms with Crippen LogP contribution >= 0.6 is 0 Å². The van der Waals surface area contributed by atoms with Gasteiger partial charge in [0, 0.05) is 30.8 Å². The monoisotopic (exact) mass is 200 g/mol. The predicted molar refractivity (Wildman–Crippen MR) is 47.8 cm³/mol. The Bertz CT molecular complexity index is 251. The zero-order chi connectivity index (χ0) is 10.2. The molecular formula is C10H14F2N2. The van der Waals surface area contributed by atoms with Crippen LogP contribution in [0.4, 0.5) is 8.78 Å². The van der Waals surface area contributed by atoms with Gasteiger partial charge in [-0.3, -0.25) is 0 Å². The Kier molecular flexibility index (Phi) is 2.44. The van der Waals surface area contributed by atoms with Gasteiger partial charge in [0.25, 0.3) is 5.92 Å². The van der Waals surface area contributed by atoms with E-state index in [1.807, 2.05) is 0 Å². The fourth-order valence-corrected chi connectivity index (χ4v) is 2.36. The number of hydrogen-bond acceptors (Lipinski definition) is 2. The molecule has 78 valence electrons. The lowest BCUT2D eigenvalue weighted by molar-refractivity contribution is -0.0946. The average molecular weight is 200 g/mol. The lowest BCUT2D eigenvalue weighted by atomic mass is 9.87. The summed E-state index contributed by atoms with van der Waals surface area (Å²) in [6.45, 7) is 0. The van der Waals surface area contributed by atoms with Crippen molar-refractivity contribution in [2.75, 3.05) is 0 Å². The maximum atomic E-state index is 12.5. The van der Waals surface area contributed by atoms with Gasteiger partial charge in [-0.2, -0.15) is 5.26 Å². The van der Waals surface area contributed by atoms with Gasteiger partial charge >= 0.3 is 0 Å². The fourth-order valence-electron chi connectivity index (χ4n) is 2.36. The van der Waals surface area contributed by atoms with Crippen LogP contribution in [0.2, 0.25) is 0 Å². The molecule has 4 heteroatoms. The summed E-state index contributed by atoms with van der Waals surface area (Å²) in [6.07, 6.45) is 2.65. The molecule has 0 bridgehead atoms. The molecule has 2 rings (SSSR count). The van der Waals surface area contributed by atoms with Gasteiger partial charge in [-0.15, -0.1) is 0 Å². The topological polar surface area (TPSA) is 35.8 Å². The summed E-state index contributed by atoms with van der Waals surface area (Å²) in [5.74, 6) is -2.31. The van der Waals surface area contributed by atoms with Crippen LogP contribution in [0.1, 0.15) is 32.1 Å². The molecule has 0 heterocycles. The zero-order valence-corrected chi connectivity index (χ0v) is 7.97. The van der Waals surface area contributed by atoms with Crippen molar-refractivity contribution in [2.24, 2.45) is 5.92 Å². The van der Waals surface area contributed by atoms with E-state index in [-0.39, 0.29) is 24.8 Å². The molecule has 0 spiro atoms. The molecule has 0 saturated heterocycles. The Morgan fingerprint density at radius 1 is 1.21 bits per heavy atom. The van der Waals surface area contributed by atoms with Crippen molar-refractivity contribution in [3.63, 3.8) is 0 Å². The molecule has 2 atom stereocenters. The molecular weight excluding hydrogens is 186 g/mol. The Balaban J connectivity index is 1.71. The molecule has 2 aliphatic rings. The first-order valence-electron chi connectivity index (χ1n) is 5.12. The van der Waals surface area contributed by atoms with E-state index in [0.29, 0.717) is 6.04 Å². The second-order valence-corrected chi connectivity index (χ2v) is 4.46. The van der Waals surface area contributed by atoms with E-state index in [1.54, 1.807) is 0 Å². The molecule has 2 unspecified atom stereocenters. The Labute approximate surface area is 82.3 Å². The highest BCUT2D eigenvalue weighted by Crippen LogP contribution is 2.38. The van der Waals surface area contributed by atoms with Crippen LogP contribution in [0.3, 0.4) is 0 Å².